The van der Waals surface area contributed by atoms with Crippen molar-refractivity contribution in [2.24, 2.45) is 0 Å². The summed E-state index contributed by atoms with van der Waals surface area (Å²) in [5, 5.41) is 2.74. The molecule has 1 heterocycles. The van der Waals surface area contributed by atoms with E-state index in [1.807, 2.05) is 54.6 Å². The summed E-state index contributed by atoms with van der Waals surface area (Å²) < 4.78 is 11.2. The Morgan fingerprint density at radius 2 is 1.85 bits per heavy atom. The van der Waals surface area contributed by atoms with E-state index in [9.17, 15) is 4.79 Å². The SMILES string of the molecule is CC(C)c1ccc(OCC(=O)NCc2ncc(-c3ccccc3)o2)cc1. The first-order chi connectivity index (χ1) is 12.6. The van der Waals surface area contributed by atoms with Crippen LogP contribution in [0.3, 0.4) is 0 Å². The molecular formula is C21H22N2O3. The van der Waals surface area contributed by atoms with E-state index in [0.29, 0.717) is 23.3 Å². The van der Waals surface area contributed by atoms with E-state index in [0.717, 1.165) is 5.56 Å². The number of oxazole rings is 1. The summed E-state index contributed by atoms with van der Waals surface area (Å²) in [5.41, 5.74) is 2.19. The standard InChI is InChI=1S/C21H22N2O3/c1-15(2)16-8-10-18(11-9-16)25-14-20(24)22-13-21-23-12-19(26-21)17-6-4-3-5-7-17/h3-12,15H,13-14H2,1-2H3,(H,22,24). The molecule has 0 unspecified atom stereocenters. The lowest BCUT2D eigenvalue weighted by atomic mass is 10.0. The van der Waals surface area contributed by atoms with Crippen molar-refractivity contribution in [2.45, 2.75) is 26.3 Å². The van der Waals surface area contributed by atoms with E-state index in [-0.39, 0.29) is 19.1 Å². The van der Waals surface area contributed by atoms with Crippen molar-refractivity contribution in [3.63, 3.8) is 0 Å². The van der Waals surface area contributed by atoms with Crippen LogP contribution < -0.4 is 10.1 Å². The maximum Gasteiger partial charge on any atom is 0.258 e. The topological polar surface area (TPSA) is 64.4 Å². The van der Waals surface area contributed by atoms with Gasteiger partial charge in [0.1, 0.15) is 5.75 Å². The molecule has 3 rings (SSSR count). The molecule has 0 bridgehead atoms. The Labute approximate surface area is 153 Å². The summed E-state index contributed by atoms with van der Waals surface area (Å²) in [6, 6.07) is 17.5. The smallest absolute Gasteiger partial charge is 0.258 e. The molecule has 1 amide bonds. The largest absolute Gasteiger partial charge is 0.484 e. The Morgan fingerprint density at radius 1 is 1.12 bits per heavy atom. The summed E-state index contributed by atoms with van der Waals surface area (Å²) in [5.74, 6) is 2.05. The van der Waals surface area contributed by atoms with Crippen LogP contribution in [-0.2, 0) is 11.3 Å². The van der Waals surface area contributed by atoms with Gasteiger partial charge in [0.2, 0.25) is 5.89 Å². The summed E-state index contributed by atoms with van der Waals surface area (Å²) in [6.45, 7) is 4.44. The minimum atomic E-state index is -0.225. The summed E-state index contributed by atoms with van der Waals surface area (Å²) in [4.78, 5) is 16.1. The van der Waals surface area contributed by atoms with Gasteiger partial charge in [-0.2, -0.15) is 0 Å². The molecular weight excluding hydrogens is 328 g/mol. The Hall–Kier alpha value is -3.08. The molecule has 5 nitrogen and oxygen atoms in total. The third-order valence-corrected chi connectivity index (χ3v) is 3.97. The average molecular weight is 350 g/mol. The van der Waals surface area contributed by atoms with Crippen LogP contribution in [0.4, 0.5) is 0 Å². The van der Waals surface area contributed by atoms with Crippen LogP contribution in [-0.4, -0.2) is 17.5 Å². The van der Waals surface area contributed by atoms with Gasteiger partial charge >= 0.3 is 0 Å². The van der Waals surface area contributed by atoms with Gasteiger partial charge in [-0.15, -0.1) is 0 Å². The lowest BCUT2D eigenvalue weighted by molar-refractivity contribution is -0.123. The minimum absolute atomic E-state index is 0.0483. The van der Waals surface area contributed by atoms with Gasteiger partial charge in [0.25, 0.3) is 5.91 Å². The van der Waals surface area contributed by atoms with Crippen LogP contribution >= 0.6 is 0 Å². The zero-order valence-electron chi connectivity index (χ0n) is 14.9. The van der Waals surface area contributed by atoms with Crippen LogP contribution in [0, 0.1) is 0 Å². The quantitative estimate of drug-likeness (QED) is 0.695. The number of nitrogens with one attached hydrogen (secondary N) is 1. The molecule has 0 fully saturated rings. The number of benzene rings is 2. The number of hydrogen-bond donors (Lipinski definition) is 1. The highest BCUT2D eigenvalue weighted by Gasteiger charge is 2.08. The number of amides is 1. The van der Waals surface area contributed by atoms with Crippen molar-refractivity contribution in [1.29, 1.82) is 0 Å². The summed E-state index contributed by atoms with van der Waals surface area (Å²) in [6.07, 6.45) is 1.66. The first-order valence-corrected chi connectivity index (χ1v) is 8.61. The average Bonchev–Trinajstić information content (AvgIpc) is 3.15. The van der Waals surface area contributed by atoms with Gasteiger partial charge in [-0.25, -0.2) is 4.98 Å². The van der Waals surface area contributed by atoms with E-state index in [1.165, 1.54) is 5.56 Å². The zero-order valence-corrected chi connectivity index (χ0v) is 14.9. The molecule has 0 saturated carbocycles. The summed E-state index contributed by atoms with van der Waals surface area (Å²) >= 11 is 0. The van der Waals surface area contributed by atoms with Crippen molar-refractivity contribution in [3.05, 3.63) is 72.2 Å². The van der Waals surface area contributed by atoms with Crippen molar-refractivity contribution in [3.8, 4) is 17.1 Å². The molecule has 3 aromatic rings. The molecule has 0 radical (unpaired) electrons. The van der Waals surface area contributed by atoms with E-state index in [2.05, 4.69) is 24.1 Å². The first kappa shape index (κ1) is 17.7. The van der Waals surface area contributed by atoms with E-state index < -0.39 is 0 Å². The number of ether oxygens (including phenoxy) is 1. The molecule has 0 aliphatic rings. The maximum absolute atomic E-state index is 11.9. The fourth-order valence-corrected chi connectivity index (χ4v) is 2.45. The van der Waals surface area contributed by atoms with Crippen LogP contribution in [0.25, 0.3) is 11.3 Å². The van der Waals surface area contributed by atoms with Crippen LogP contribution in [0.2, 0.25) is 0 Å². The molecule has 134 valence electrons. The molecule has 0 saturated heterocycles. The number of nitrogens with zero attached hydrogens (tertiary/aromatic N) is 1. The van der Waals surface area contributed by atoms with Gasteiger partial charge in [-0.3, -0.25) is 4.79 Å². The molecule has 0 spiro atoms. The number of rotatable bonds is 7. The van der Waals surface area contributed by atoms with Crippen molar-refractivity contribution >= 4 is 5.91 Å². The number of carbonyl (C=O) groups excluding carboxylic acids is 1. The van der Waals surface area contributed by atoms with E-state index >= 15 is 0 Å². The van der Waals surface area contributed by atoms with Crippen LogP contribution in [0.15, 0.2) is 65.2 Å². The van der Waals surface area contributed by atoms with Crippen LogP contribution in [0.5, 0.6) is 5.75 Å². The van der Waals surface area contributed by atoms with Crippen LogP contribution in [0.1, 0.15) is 31.2 Å². The zero-order chi connectivity index (χ0) is 18.4. The van der Waals surface area contributed by atoms with Gasteiger partial charge in [0, 0.05) is 5.56 Å². The number of hydrogen-bond acceptors (Lipinski definition) is 4. The number of aromatic nitrogens is 1. The second kappa shape index (κ2) is 8.34. The normalized spacial score (nSPS) is 10.7. The highest BCUT2D eigenvalue weighted by Crippen LogP contribution is 2.20. The highest BCUT2D eigenvalue weighted by molar-refractivity contribution is 5.77. The fraction of sp³-hybridized carbons (Fsp3) is 0.238. The Morgan fingerprint density at radius 3 is 2.54 bits per heavy atom. The third-order valence-electron chi connectivity index (χ3n) is 3.97. The molecule has 0 aliphatic carbocycles. The van der Waals surface area contributed by atoms with E-state index in [1.54, 1.807) is 6.20 Å². The van der Waals surface area contributed by atoms with Gasteiger partial charge in [0.15, 0.2) is 12.4 Å². The van der Waals surface area contributed by atoms with Gasteiger partial charge in [0.05, 0.1) is 12.7 Å². The minimum Gasteiger partial charge on any atom is -0.484 e. The van der Waals surface area contributed by atoms with E-state index in [4.69, 9.17) is 9.15 Å². The van der Waals surface area contributed by atoms with Gasteiger partial charge < -0.3 is 14.5 Å². The van der Waals surface area contributed by atoms with Gasteiger partial charge in [-0.05, 0) is 23.6 Å². The number of carbonyl (C=O) groups is 1. The lowest BCUT2D eigenvalue weighted by Crippen LogP contribution is -2.28. The fourth-order valence-electron chi connectivity index (χ4n) is 2.45. The monoisotopic (exact) mass is 350 g/mol. The second-order valence-electron chi connectivity index (χ2n) is 6.27. The van der Waals surface area contributed by atoms with Crippen molar-refractivity contribution in [1.82, 2.24) is 10.3 Å². The molecule has 0 atom stereocenters. The Balaban J connectivity index is 1.46. The molecule has 5 heteroatoms. The van der Waals surface area contributed by atoms with Gasteiger partial charge in [-0.1, -0.05) is 56.3 Å². The molecule has 1 N–H and O–H groups in total. The first-order valence-electron chi connectivity index (χ1n) is 8.61. The molecule has 2 aromatic carbocycles. The third kappa shape index (κ3) is 4.72. The lowest BCUT2D eigenvalue weighted by Gasteiger charge is -2.08. The molecule has 0 aliphatic heterocycles. The predicted octanol–water partition coefficient (Wildman–Crippen LogP) is 4.16. The van der Waals surface area contributed by atoms with Crippen molar-refractivity contribution in [2.75, 3.05) is 6.61 Å². The van der Waals surface area contributed by atoms with Crippen molar-refractivity contribution < 1.29 is 13.9 Å². The Kier molecular flexibility index (Phi) is 5.69. The summed E-state index contributed by atoms with van der Waals surface area (Å²) in [7, 11) is 0. The predicted molar refractivity (Wildman–Crippen MR) is 99.8 cm³/mol. The highest BCUT2D eigenvalue weighted by atomic mass is 16.5. The molecule has 1 aromatic heterocycles. The molecule has 26 heavy (non-hydrogen) atoms. The maximum atomic E-state index is 11.9. The Bertz CT molecular complexity index is 839. The second-order valence-corrected chi connectivity index (χ2v) is 6.27.